The Morgan fingerprint density at radius 1 is 1.60 bits per heavy atom. The van der Waals surface area contributed by atoms with Crippen molar-refractivity contribution >= 4 is 23.2 Å². The van der Waals surface area contributed by atoms with Gasteiger partial charge in [0.15, 0.2) is 0 Å². The number of hydrogen-bond donors (Lipinski definition) is 1. The summed E-state index contributed by atoms with van der Waals surface area (Å²) in [5.74, 6) is 0. The second-order valence-corrected chi connectivity index (χ2v) is 2.01. The lowest BCUT2D eigenvalue weighted by atomic mass is 10.7. The summed E-state index contributed by atoms with van der Waals surface area (Å²) in [6, 6.07) is 1.36. The highest BCUT2D eigenvalue weighted by Gasteiger charge is 1.70. The van der Waals surface area contributed by atoms with E-state index in [2.05, 4.69) is 9.97 Å². The lowest BCUT2D eigenvalue weighted by Gasteiger charge is -1.73. The van der Waals surface area contributed by atoms with Gasteiger partial charge in [-0.15, -0.1) is 23.2 Å². The van der Waals surface area contributed by atoms with Crippen molar-refractivity contribution in [1.82, 2.24) is 9.97 Å². The minimum absolute atomic E-state index is 0.116. The first-order valence-electron chi connectivity index (χ1n) is 2.42. The molecule has 3 nitrogen and oxygen atoms in total. The third-order valence-corrected chi connectivity index (χ3v) is 0.593. The predicted molar refractivity (Wildman–Crippen MR) is 41.4 cm³/mol. The fourth-order valence-electron chi connectivity index (χ4n) is 0.303. The molecule has 0 bridgehead atoms. The van der Waals surface area contributed by atoms with Crippen LogP contribution in [-0.4, -0.2) is 15.3 Å². The number of halogens is 2. The van der Waals surface area contributed by atoms with E-state index in [4.69, 9.17) is 23.2 Å². The van der Waals surface area contributed by atoms with Crippen molar-refractivity contribution in [2.24, 2.45) is 0 Å². The molecule has 1 rings (SSSR count). The lowest BCUT2D eigenvalue weighted by molar-refractivity contribution is 1.12. The summed E-state index contributed by atoms with van der Waals surface area (Å²) in [5.41, 5.74) is -0.116. The number of nitrogens with one attached hydrogen (secondary N) is 1. The van der Waals surface area contributed by atoms with Gasteiger partial charge in [0.25, 0.3) is 5.56 Å². The SMILES string of the molecule is ClCCl.O=c1ccnc[nH]1. The normalized spacial score (nSPS) is 7.80. The first kappa shape index (κ1) is 9.46. The van der Waals surface area contributed by atoms with E-state index in [1.54, 1.807) is 0 Å². The van der Waals surface area contributed by atoms with E-state index in [-0.39, 0.29) is 10.9 Å². The molecule has 0 aliphatic rings. The highest BCUT2D eigenvalue weighted by Crippen LogP contribution is 1.73. The fraction of sp³-hybridized carbons (Fsp3) is 0.200. The summed E-state index contributed by atoms with van der Waals surface area (Å²) in [6.45, 7) is 0. The first-order valence-corrected chi connectivity index (χ1v) is 3.48. The van der Waals surface area contributed by atoms with E-state index in [1.165, 1.54) is 18.6 Å². The van der Waals surface area contributed by atoms with Crippen LogP contribution in [0.5, 0.6) is 0 Å². The van der Waals surface area contributed by atoms with Crippen molar-refractivity contribution < 1.29 is 0 Å². The van der Waals surface area contributed by atoms with E-state index < -0.39 is 0 Å². The second kappa shape index (κ2) is 6.58. The van der Waals surface area contributed by atoms with Crippen LogP contribution < -0.4 is 5.56 Å². The number of alkyl halides is 2. The summed E-state index contributed by atoms with van der Waals surface area (Å²) in [5, 5.41) is 0.194. The lowest BCUT2D eigenvalue weighted by Crippen LogP contribution is -2.00. The van der Waals surface area contributed by atoms with Gasteiger partial charge >= 0.3 is 0 Å². The molecule has 0 saturated carbocycles. The Morgan fingerprint density at radius 2 is 2.20 bits per heavy atom. The minimum Gasteiger partial charge on any atom is -0.313 e. The van der Waals surface area contributed by atoms with Crippen LogP contribution in [0.4, 0.5) is 0 Å². The summed E-state index contributed by atoms with van der Waals surface area (Å²) in [6.07, 6.45) is 2.79. The molecule has 1 aromatic rings. The Bertz CT molecular complexity index is 195. The molecule has 0 unspecified atom stereocenters. The van der Waals surface area contributed by atoms with Gasteiger partial charge in [-0.1, -0.05) is 0 Å². The van der Waals surface area contributed by atoms with Gasteiger partial charge < -0.3 is 4.98 Å². The molecule has 0 aliphatic carbocycles. The van der Waals surface area contributed by atoms with Crippen LogP contribution in [0.1, 0.15) is 0 Å². The monoisotopic (exact) mass is 180 g/mol. The Labute approximate surface area is 68.0 Å². The van der Waals surface area contributed by atoms with Crippen LogP contribution in [0, 0.1) is 0 Å². The molecule has 10 heavy (non-hydrogen) atoms. The van der Waals surface area contributed by atoms with E-state index in [1.807, 2.05) is 0 Å². The molecule has 0 aromatic carbocycles. The van der Waals surface area contributed by atoms with Gasteiger partial charge in [-0.2, -0.15) is 0 Å². The van der Waals surface area contributed by atoms with Crippen LogP contribution in [-0.2, 0) is 0 Å². The average Bonchev–Trinajstić information content (AvgIpc) is 1.91. The molecule has 0 spiro atoms. The number of hydrogen-bond acceptors (Lipinski definition) is 2. The molecule has 0 radical (unpaired) electrons. The van der Waals surface area contributed by atoms with Gasteiger partial charge in [0.2, 0.25) is 0 Å². The van der Waals surface area contributed by atoms with Crippen LogP contribution >= 0.6 is 23.2 Å². The first-order chi connectivity index (χ1) is 4.81. The molecule has 0 amide bonds. The van der Waals surface area contributed by atoms with Gasteiger partial charge in [0.05, 0.1) is 11.7 Å². The molecule has 1 aromatic heterocycles. The molecule has 0 aliphatic heterocycles. The van der Waals surface area contributed by atoms with E-state index >= 15 is 0 Å². The van der Waals surface area contributed by atoms with Crippen LogP contribution in [0.3, 0.4) is 0 Å². The van der Waals surface area contributed by atoms with Crippen LogP contribution in [0.15, 0.2) is 23.4 Å². The Morgan fingerprint density at radius 3 is 2.40 bits per heavy atom. The summed E-state index contributed by atoms with van der Waals surface area (Å²) >= 11 is 9.53. The maximum Gasteiger partial charge on any atom is 0.250 e. The van der Waals surface area contributed by atoms with Gasteiger partial charge in [-0.3, -0.25) is 4.79 Å². The molecular formula is C5H6Cl2N2O. The largest absolute Gasteiger partial charge is 0.313 e. The van der Waals surface area contributed by atoms with Crippen molar-refractivity contribution in [3.8, 4) is 0 Å². The van der Waals surface area contributed by atoms with E-state index in [0.717, 1.165) is 0 Å². The maximum absolute atomic E-state index is 10.2. The topological polar surface area (TPSA) is 45.8 Å². The van der Waals surface area contributed by atoms with Gasteiger partial charge in [0.1, 0.15) is 0 Å². The molecule has 56 valence electrons. The van der Waals surface area contributed by atoms with Crippen LogP contribution in [0.25, 0.3) is 0 Å². The van der Waals surface area contributed by atoms with E-state index in [0.29, 0.717) is 0 Å². The third kappa shape index (κ3) is 5.59. The van der Waals surface area contributed by atoms with Crippen molar-refractivity contribution in [2.45, 2.75) is 0 Å². The summed E-state index contributed by atoms with van der Waals surface area (Å²) in [4.78, 5) is 16.1. The zero-order valence-corrected chi connectivity index (χ0v) is 6.56. The van der Waals surface area contributed by atoms with Crippen molar-refractivity contribution in [3.05, 3.63) is 28.9 Å². The quantitative estimate of drug-likeness (QED) is 0.611. The standard InChI is InChI=1S/C4H4N2O.CH2Cl2/c7-4-1-2-5-3-6-4;2-1-3/h1-3H,(H,5,6,7);1H2. The molecule has 0 atom stereocenters. The minimum atomic E-state index is -0.116. The van der Waals surface area contributed by atoms with Crippen molar-refractivity contribution in [3.63, 3.8) is 0 Å². The molecule has 0 saturated heterocycles. The number of aromatic nitrogens is 2. The maximum atomic E-state index is 10.2. The van der Waals surface area contributed by atoms with Gasteiger partial charge in [-0.25, -0.2) is 4.98 Å². The van der Waals surface area contributed by atoms with Gasteiger partial charge in [0, 0.05) is 12.3 Å². The smallest absolute Gasteiger partial charge is 0.250 e. The predicted octanol–water partition coefficient (Wildman–Crippen LogP) is 1.19. The Balaban J connectivity index is 0.000000236. The summed E-state index contributed by atoms with van der Waals surface area (Å²) in [7, 11) is 0. The third-order valence-electron chi connectivity index (χ3n) is 0.593. The average molecular weight is 181 g/mol. The highest BCUT2D eigenvalue weighted by molar-refractivity contribution is 6.40. The molecule has 0 fully saturated rings. The van der Waals surface area contributed by atoms with Crippen molar-refractivity contribution in [1.29, 1.82) is 0 Å². The molecule has 1 heterocycles. The number of aromatic amines is 1. The number of nitrogens with zero attached hydrogens (tertiary/aromatic N) is 1. The Hall–Kier alpha value is -0.540. The van der Waals surface area contributed by atoms with Crippen LogP contribution in [0.2, 0.25) is 0 Å². The second-order valence-electron chi connectivity index (χ2n) is 1.20. The van der Waals surface area contributed by atoms with Crippen molar-refractivity contribution in [2.75, 3.05) is 5.34 Å². The number of H-pyrrole nitrogens is 1. The Kier molecular flexibility index (Phi) is 6.22. The highest BCUT2D eigenvalue weighted by atomic mass is 35.5. The molecule has 1 N–H and O–H groups in total. The molecule has 5 heteroatoms. The summed E-state index contributed by atoms with van der Waals surface area (Å²) < 4.78 is 0. The zero-order valence-electron chi connectivity index (χ0n) is 5.05. The fourth-order valence-corrected chi connectivity index (χ4v) is 0.303. The van der Waals surface area contributed by atoms with Gasteiger partial charge in [-0.05, 0) is 0 Å². The zero-order chi connectivity index (χ0) is 7.82. The number of rotatable bonds is 0. The molecular weight excluding hydrogens is 175 g/mol. The van der Waals surface area contributed by atoms with E-state index in [9.17, 15) is 4.79 Å².